The number of hydrogen-bond donors (Lipinski definition) is 3. The molecule has 0 fully saturated rings. The highest BCUT2D eigenvalue weighted by Gasteiger charge is 2.30. The first kappa shape index (κ1) is 98.1. The molecule has 0 bridgehead atoms. The fourth-order valence-corrected chi connectivity index (χ4v) is 14.2. The van der Waals surface area contributed by atoms with Crippen molar-refractivity contribution in [2.75, 3.05) is 39.6 Å². The summed E-state index contributed by atoms with van der Waals surface area (Å²) in [6, 6.07) is 0. The predicted octanol–water partition coefficient (Wildman–Crippen LogP) is 24.4. The lowest BCUT2D eigenvalue weighted by molar-refractivity contribution is -0.161. The van der Waals surface area contributed by atoms with Crippen LogP contribution in [0.1, 0.15) is 433 Å². The smallest absolute Gasteiger partial charge is 0.462 e. The molecule has 0 aromatic heterocycles. The summed E-state index contributed by atoms with van der Waals surface area (Å²) >= 11 is 0. The Hall–Kier alpha value is -1.94. The van der Waals surface area contributed by atoms with E-state index in [1.807, 2.05) is 0 Å². The number of phosphoric acid groups is 2. The lowest BCUT2D eigenvalue weighted by Crippen LogP contribution is -2.30. The van der Waals surface area contributed by atoms with Crippen molar-refractivity contribution >= 4 is 39.5 Å². The SMILES string of the molecule is CCCCCCCCCCCCCCCCCCCCCCCCC(=O)O[C@H](COC(=O)CCCCCCCCCCCCCCCCCCC)COP(=O)(O)OC[C@@H](O)COP(=O)(O)OC[C@@H](COC(=O)CCCCCCCCCCC)OC(=O)CCCCCCCCCCCC(C)C. The molecule has 0 aliphatic carbocycles. The molecule has 0 saturated heterocycles. The van der Waals surface area contributed by atoms with Crippen LogP contribution in [0.5, 0.6) is 0 Å². The van der Waals surface area contributed by atoms with Crippen LogP contribution >= 0.6 is 15.6 Å². The summed E-state index contributed by atoms with van der Waals surface area (Å²) in [7, 11) is -9.91. The first-order valence-electron chi connectivity index (χ1n) is 42.1. The molecule has 19 heteroatoms. The molecule has 0 radical (unpaired) electrons. The van der Waals surface area contributed by atoms with Gasteiger partial charge >= 0.3 is 39.5 Å². The fraction of sp³-hybridized carbons (Fsp3) is 0.951. The van der Waals surface area contributed by atoms with Crippen molar-refractivity contribution < 1.29 is 80.2 Å². The van der Waals surface area contributed by atoms with E-state index >= 15 is 0 Å². The molecule has 100 heavy (non-hydrogen) atoms. The zero-order chi connectivity index (χ0) is 73.4. The van der Waals surface area contributed by atoms with Crippen LogP contribution < -0.4 is 0 Å². The minimum Gasteiger partial charge on any atom is -0.462 e. The molecule has 5 atom stereocenters. The van der Waals surface area contributed by atoms with Crippen molar-refractivity contribution in [1.82, 2.24) is 0 Å². The van der Waals surface area contributed by atoms with E-state index in [9.17, 15) is 43.2 Å². The summed E-state index contributed by atoms with van der Waals surface area (Å²) in [5.74, 6) is -1.37. The van der Waals surface area contributed by atoms with Crippen molar-refractivity contribution in [3.05, 3.63) is 0 Å². The number of hydrogen-bond acceptors (Lipinski definition) is 15. The third-order valence-corrected chi connectivity index (χ3v) is 20.9. The highest BCUT2D eigenvalue weighted by atomic mass is 31.2. The van der Waals surface area contributed by atoms with Gasteiger partial charge in [0.15, 0.2) is 12.2 Å². The highest BCUT2D eigenvalue weighted by Crippen LogP contribution is 2.45. The Bertz CT molecular complexity index is 1910. The van der Waals surface area contributed by atoms with Crippen LogP contribution in [-0.4, -0.2) is 96.7 Å². The average molecular weight is 1470 g/mol. The molecule has 0 spiro atoms. The van der Waals surface area contributed by atoms with E-state index in [2.05, 4.69) is 34.6 Å². The highest BCUT2D eigenvalue weighted by molar-refractivity contribution is 7.47. The normalized spacial score (nSPS) is 13.8. The van der Waals surface area contributed by atoms with E-state index in [4.69, 9.17) is 37.0 Å². The Labute approximate surface area is 613 Å². The van der Waals surface area contributed by atoms with Crippen LogP contribution in [0.3, 0.4) is 0 Å². The first-order chi connectivity index (χ1) is 48.5. The minimum absolute atomic E-state index is 0.106. The lowest BCUT2D eigenvalue weighted by atomic mass is 10.0. The van der Waals surface area contributed by atoms with Crippen LogP contribution in [-0.2, 0) is 65.4 Å². The number of phosphoric ester groups is 2. The minimum atomic E-state index is -4.96. The van der Waals surface area contributed by atoms with Crippen LogP contribution in [0, 0.1) is 5.92 Å². The Balaban J connectivity index is 5.18. The second-order valence-corrected chi connectivity index (χ2v) is 32.5. The number of unbranched alkanes of at least 4 members (excludes halogenated alkanes) is 53. The van der Waals surface area contributed by atoms with Gasteiger partial charge in [-0.25, -0.2) is 9.13 Å². The molecule has 0 aliphatic rings. The maximum absolute atomic E-state index is 13.1. The van der Waals surface area contributed by atoms with Crippen LogP contribution in [0.15, 0.2) is 0 Å². The number of carbonyl (C=O) groups excluding carboxylic acids is 4. The van der Waals surface area contributed by atoms with Gasteiger partial charge < -0.3 is 33.8 Å². The van der Waals surface area contributed by atoms with Crippen LogP contribution in [0.4, 0.5) is 0 Å². The zero-order valence-electron chi connectivity index (χ0n) is 65.3. The van der Waals surface area contributed by atoms with Crippen LogP contribution in [0.2, 0.25) is 0 Å². The molecule has 0 saturated carbocycles. The Kier molecular flexibility index (Phi) is 72.5. The Morgan fingerprint density at radius 3 is 0.680 bits per heavy atom. The van der Waals surface area contributed by atoms with E-state index in [0.29, 0.717) is 25.7 Å². The maximum atomic E-state index is 13.1. The first-order valence-corrected chi connectivity index (χ1v) is 45.1. The molecule has 0 heterocycles. The van der Waals surface area contributed by atoms with Gasteiger partial charge in [-0.2, -0.15) is 0 Å². The Morgan fingerprint density at radius 1 is 0.270 bits per heavy atom. The molecule has 0 amide bonds. The molecule has 0 aromatic carbocycles. The van der Waals surface area contributed by atoms with E-state index in [1.54, 1.807) is 0 Å². The molecule has 594 valence electrons. The van der Waals surface area contributed by atoms with Gasteiger partial charge in [0.2, 0.25) is 0 Å². The fourth-order valence-electron chi connectivity index (χ4n) is 12.6. The van der Waals surface area contributed by atoms with Gasteiger partial charge in [0.05, 0.1) is 26.4 Å². The summed E-state index contributed by atoms with van der Waals surface area (Å²) in [5.41, 5.74) is 0. The summed E-state index contributed by atoms with van der Waals surface area (Å²) in [6.07, 6.45) is 65.4. The zero-order valence-corrected chi connectivity index (χ0v) is 67.1. The van der Waals surface area contributed by atoms with E-state index in [1.165, 1.54) is 257 Å². The molecule has 0 aliphatic heterocycles. The largest absolute Gasteiger partial charge is 0.472 e. The number of carbonyl (C=O) groups is 4. The van der Waals surface area contributed by atoms with Crippen molar-refractivity contribution in [2.45, 2.75) is 451 Å². The molecule has 2 unspecified atom stereocenters. The van der Waals surface area contributed by atoms with Crippen molar-refractivity contribution in [1.29, 1.82) is 0 Å². The van der Waals surface area contributed by atoms with Gasteiger partial charge in [-0.15, -0.1) is 0 Å². The second-order valence-electron chi connectivity index (χ2n) is 29.6. The summed E-state index contributed by atoms with van der Waals surface area (Å²) in [5, 5.41) is 10.6. The van der Waals surface area contributed by atoms with E-state index in [0.717, 1.165) is 95.8 Å². The molecule has 3 N–H and O–H groups in total. The number of ether oxygens (including phenoxy) is 4. The van der Waals surface area contributed by atoms with Gasteiger partial charge in [0, 0.05) is 25.7 Å². The van der Waals surface area contributed by atoms with Crippen LogP contribution in [0.25, 0.3) is 0 Å². The summed E-state index contributed by atoms with van der Waals surface area (Å²) in [6.45, 7) is 7.28. The Morgan fingerprint density at radius 2 is 0.460 bits per heavy atom. The van der Waals surface area contributed by atoms with E-state index in [-0.39, 0.29) is 25.7 Å². The maximum Gasteiger partial charge on any atom is 0.472 e. The monoisotopic (exact) mass is 1470 g/mol. The number of rotatable bonds is 81. The van der Waals surface area contributed by atoms with Gasteiger partial charge in [-0.1, -0.05) is 381 Å². The molecular formula is C81H158O17P2. The van der Waals surface area contributed by atoms with Gasteiger partial charge in [0.1, 0.15) is 19.3 Å². The van der Waals surface area contributed by atoms with E-state index < -0.39 is 97.5 Å². The second kappa shape index (κ2) is 73.9. The third kappa shape index (κ3) is 74.3. The molecule has 0 rings (SSSR count). The molecule has 17 nitrogen and oxygen atoms in total. The quantitative estimate of drug-likeness (QED) is 0.0222. The number of aliphatic hydroxyl groups is 1. The topological polar surface area (TPSA) is 237 Å². The third-order valence-electron chi connectivity index (χ3n) is 19.0. The lowest BCUT2D eigenvalue weighted by Gasteiger charge is -2.21. The molecular weight excluding hydrogens is 1310 g/mol. The van der Waals surface area contributed by atoms with Crippen molar-refractivity contribution in [2.24, 2.45) is 5.92 Å². The van der Waals surface area contributed by atoms with Gasteiger partial charge in [-0.05, 0) is 31.6 Å². The summed E-state index contributed by atoms with van der Waals surface area (Å²) < 4.78 is 68.6. The standard InChI is InChI=1S/C81H158O17P2/c1-6-9-12-15-18-21-23-25-27-29-30-31-32-33-35-37-39-41-46-51-56-61-66-80(85)97-77(71-92-79(84)65-60-55-50-45-40-38-36-34-28-26-24-22-19-16-13-10-7-2)73-96-100(89,90)94-69-75(82)68-93-99(87,88)95-72-76(70-91-78(83)64-59-54-49-43-20-17-14-11-8-3)98-81(86)67-62-57-52-47-42-44-48-53-58-63-74(4)5/h74-77,82H,6-73H2,1-5H3,(H,87,88)(H,89,90)/t75-,76+,77+/m0/s1. The summed E-state index contributed by atoms with van der Waals surface area (Å²) in [4.78, 5) is 72.9. The predicted molar refractivity (Wildman–Crippen MR) is 409 cm³/mol. The van der Waals surface area contributed by atoms with Crippen molar-refractivity contribution in [3.8, 4) is 0 Å². The van der Waals surface area contributed by atoms with Gasteiger partial charge in [0.25, 0.3) is 0 Å². The van der Waals surface area contributed by atoms with Gasteiger partial charge in [-0.3, -0.25) is 37.3 Å². The number of esters is 4. The average Bonchev–Trinajstić information content (AvgIpc) is 0.962. The number of aliphatic hydroxyl groups excluding tert-OH is 1. The molecule has 0 aromatic rings. The van der Waals surface area contributed by atoms with Crippen molar-refractivity contribution in [3.63, 3.8) is 0 Å².